The third kappa shape index (κ3) is 6.60. The number of aliphatic hydroxyl groups excluding tert-OH is 1. The molecule has 39 heavy (non-hydrogen) atoms. The zero-order valence-corrected chi connectivity index (χ0v) is 20.2. The van der Waals surface area contributed by atoms with E-state index in [-0.39, 0.29) is 47.5 Å². The zero-order valence-electron chi connectivity index (χ0n) is 20.2. The van der Waals surface area contributed by atoms with Gasteiger partial charge in [-0.25, -0.2) is 9.37 Å². The molecule has 2 heterocycles. The van der Waals surface area contributed by atoms with Crippen LogP contribution in [0.25, 0.3) is 28.2 Å². The molecule has 0 atom stereocenters. The van der Waals surface area contributed by atoms with Gasteiger partial charge in [0.25, 0.3) is 5.91 Å². The predicted octanol–water partition coefficient (Wildman–Crippen LogP) is 4.29. The summed E-state index contributed by atoms with van der Waals surface area (Å²) in [6.07, 6.45) is -0.586. The lowest BCUT2D eigenvalue weighted by Gasteiger charge is -2.12. The van der Waals surface area contributed by atoms with Crippen molar-refractivity contribution in [2.75, 3.05) is 18.9 Å². The Balaban J connectivity index is 1.60. The number of amides is 2. The first kappa shape index (κ1) is 27.3. The molecule has 0 saturated carbocycles. The number of carbonyl (C=O) groups excluding carboxylic acids is 2. The number of hydrogen-bond donors (Lipinski definition) is 4. The van der Waals surface area contributed by atoms with Crippen LogP contribution in [0.2, 0.25) is 0 Å². The number of rotatable bonds is 8. The van der Waals surface area contributed by atoms with Gasteiger partial charge in [-0.15, -0.1) is 0 Å². The van der Waals surface area contributed by atoms with Crippen molar-refractivity contribution in [3.63, 3.8) is 0 Å². The fraction of sp³-hybridized carbons (Fsp3) is 0.148. The molecule has 12 heteroatoms. The molecule has 2 aromatic carbocycles. The van der Waals surface area contributed by atoms with Crippen molar-refractivity contribution in [3.8, 4) is 11.1 Å². The van der Waals surface area contributed by atoms with Gasteiger partial charge in [0.1, 0.15) is 23.0 Å². The number of carbonyl (C=O) groups is 2. The van der Waals surface area contributed by atoms with Crippen LogP contribution in [-0.2, 0) is 17.5 Å². The van der Waals surface area contributed by atoms with Gasteiger partial charge in [-0.1, -0.05) is 6.07 Å². The van der Waals surface area contributed by atoms with Gasteiger partial charge in [0, 0.05) is 24.2 Å². The summed E-state index contributed by atoms with van der Waals surface area (Å²) >= 11 is 0. The van der Waals surface area contributed by atoms with Crippen LogP contribution in [0.5, 0.6) is 0 Å². The van der Waals surface area contributed by atoms with Gasteiger partial charge in [-0.2, -0.15) is 13.2 Å². The minimum absolute atomic E-state index is 0.0717. The van der Waals surface area contributed by atoms with E-state index < -0.39 is 35.0 Å². The quantitative estimate of drug-likeness (QED) is 0.194. The fourth-order valence-electron chi connectivity index (χ4n) is 3.73. The molecule has 8 nitrogen and oxygen atoms in total. The molecular weight excluding hydrogens is 520 g/mol. The number of fused-ring (bicyclic) bond motifs is 1. The first-order chi connectivity index (χ1) is 18.5. The minimum atomic E-state index is -4.79. The number of halogens is 4. The van der Waals surface area contributed by atoms with Crippen LogP contribution < -0.4 is 16.4 Å². The van der Waals surface area contributed by atoms with E-state index in [0.717, 1.165) is 18.2 Å². The van der Waals surface area contributed by atoms with Gasteiger partial charge >= 0.3 is 6.18 Å². The van der Waals surface area contributed by atoms with E-state index in [1.54, 1.807) is 12.1 Å². The van der Waals surface area contributed by atoms with Crippen molar-refractivity contribution in [3.05, 3.63) is 89.1 Å². The van der Waals surface area contributed by atoms with Gasteiger partial charge in [-0.3, -0.25) is 9.59 Å². The maximum atomic E-state index is 14.2. The molecule has 202 valence electrons. The molecule has 0 saturated heterocycles. The number of aliphatic hydroxyl groups is 1. The van der Waals surface area contributed by atoms with Crippen LogP contribution in [0.4, 0.5) is 23.4 Å². The lowest BCUT2D eigenvalue weighted by molar-refractivity contribution is -0.136. The van der Waals surface area contributed by atoms with Crippen LogP contribution in [0.3, 0.4) is 0 Å². The average Bonchev–Trinajstić information content (AvgIpc) is 3.32. The van der Waals surface area contributed by atoms with Crippen LogP contribution in [-0.4, -0.2) is 35.1 Å². The highest BCUT2D eigenvalue weighted by Gasteiger charge is 2.35. The summed E-state index contributed by atoms with van der Waals surface area (Å²) in [5.74, 6) is -1.79. The topological polar surface area (TPSA) is 130 Å². The Morgan fingerprint density at radius 2 is 1.85 bits per heavy atom. The predicted molar refractivity (Wildman–Crippen MR) is 136 cm³/mol. The van der Waals surface area contributed by atoms with Crippen LogP contribution in [0.1, 0.15) is 27.2 Å². The number of nitrogens with one attached hydrogen (secondary N) is 2. The molecule has 0 unspecified atom stereocenters. The molecule has 2 aromatic heterocycles. The summed E-state index contributed by atoms with van der Waals surface area (Å²) < 4.78 is 61.5. The lowest BCUT2D eigenvalue weighted by atomic mass is 9.98. The van der Waals surface area contributed by atoms with Gasteiger partial charge in [0.05, 0.1) is 24.3 Å². The Labute approximate surface area is 219 Å². The van der Waals surface area contributed by atoms with Crippen molar-refractivity contribution < 1.29 is 36.7 Å². The highest BCUT2D eigenvalue weighted by Crippen LogP contribution is 2.39. The maximum Gasteiger partial charge on any atom is 0.420 e. The molecular formula is C27H22F4N4O4. The average molecular weight is 542 g/mol. The minimum Gasteiger partial charge on any atom is -0.459 e. The van der Waals surface area contributed by atoms with Crippen molar-refractivity contribution in [1.82, 2.24) is 15.6 Å². The molecule has 4 aromatic rings. The van der Waals surface area contributed by atoms with E-state index in [1.807, 2.05) is 0 Å². The molecule has 0 aliphatic carbocycles. The van der Waals surface area contributed by atoms with Crippen molar-refractivity contribution in [2.24, 2.45) is 0 Å². The summed E-state index contributed by atoms with van der Waals surface area (Å²) in [6.45, 7) is -0.663. The second-order valence-electron chi connectivity index (χ2n) is 8.39. The molecule has 0 bridgehead atoms. The largest absolute Gasteiger partial charge is 0.459 e. The summed E-state index contributed by atoms with van der Waals surface area (Å²) in [6, 6.07) is 10.2. The molecule has 0 aliphatic heterocycles. The van der Waals surface area contributed by atoms with Gasteiger partial charge in [0.2, 0.25) is 5.91 Å². The van der Waals surface area contributed by atoms with E-state index in [4.69, 9.17) is 15.3 Å². The smallest absolute Gasteiger partial charge is 0.420 e. The highest BCUT2D eigenvalue weighted by molar-refractivity contribution is 5.96. The fourth-order valence-corrected chi connectivity index (χ4v) is 3.73. The number of aromatic nitrogens is 1. The Morgan fingerprint density at radius 1 is 1.05 bits per heavy atom. The summed E-state index contributed by atoms with van der Waals surface area (Å²) in [5, 5.41) is 13.8. The van der Waals surface area contributed by atoms with Crippen LogP contribution in [0.15, 0.2) is 65.2 Å². The maximum absolute atomic E-state index is 14.2. The molecule has 0 spiro atoms. The molecule has 2 amide bonds. The number of nitrogens with two attached hydrogens (primary N) is 1. The van der Waals surface area contributed by atoms with Gasteiger partial charge < -0.3 is 25.9 Å². The van der Waals surface area contributed by atoms with E-state index in [2.05, 4.69) is 15.6 Å². The second-order valence-corrected chi connectivity index (χ2v) is 8.39. The first-order valence-electron chi connectivity index (χ1n) is 11.5. The summed E-state index contributed by atoms with van der Waals surface area (Å²) in [4.78, 5) is 28.3. The van der Waals surface area contributed by atoms with Gasteiger partial charge in [-0.05, 0) is 65.2 Å². The van der Waals surface area contributed by atoms with Crippen molar-refractivity contribution in [2.45, 2.75) is 12.7 Å². The molecule has 5 N–H and O–H groups in total. The Kier molecular flexibility index (Phi) is 7.96. The van der Waals surface area contributed by atoms with E-state index in [1.165, 1.54) is 36.5 Å². The van der Waals surface area contributed by atoms with Crippen LogP contribution >= 0.6 is 0 Å². The molecule has 0 aliphatic rings. The Morgan fingerprint density at radius 3 is 2.54 bits per heavy atom. The normalized spacial score (nSPS) is 11.7. The van der Waals surface area contributed by atoms with Crippen LogP contribution in [0, 0.1) is 5.82 Å². The summed E-state index contributed by atoms with van der Waals surface area (Å²) in [5.41, 5.74) is 4.49. The monoisotopic (exact) mass is 542 g/mol. The second kappa shape index (κ2) is 11.4. The van der Waals surface area contributed by atoms with Gasteiger partial charge in [0.15, 0.2) is 0 Å². The zero-order chi connectivity index (χ0) is 28.2. The molecule has 0 fully saturated rings. The third-order valence-corrected chi connectivity index (χ3v) is 5.59. The number of pyridine rings is 1. The number of nitrogen functional groups attached to an aromatic ring is 1. The van der Waals surface area contributed by atoms with Crippen molar-refractivity contribution >= 4 is 34.7 Å². The number of alkyl halides is 3. The molecule has 0 radical (unpaired) electrons. The lowest BCUT2D eigenvalue weighted by Crippen LogP contribution is -2.27. The number of hydrogen-bond acceptors (Lipinski definition) is 6. The highest BCUT2D eigenvalue weighted by atomic mass is 19.4. The summed E-state index contributed by atoms with van der Waals surface area (Å²) in [7, 11) is 0. The SMILES string of the molecule is Nc1ccc(/C=C/C(=O)NCc2cc3cc(-c4ccc(F)c(C(=O)NCCO)c4)cc(C(F)(F)F)c3o2)cn1. The van der Waals surface area contributed by atoms with E-state index in [9.17, 15) is 27.2 Å². The number of anilines is 1. The third-order valence-electron chi connectivity index (χ3n) is 5.59. The number of benzene rings is 2. The van der Waals surface area contributed by atoms with Crippen molar-refractivity contribution in [1.29, 1.82) is 0 Å². The van der Waals surface area contributed by atoms with E-state index >= 15 is 0 Å². The first-order valence-corrected chi connectivity index (χ1v) is 11.5. The van der Waals surface area contributed by atoms with E-state index in [0.29, 0.717) is 11.4 Å². The Hall–Kier alpha value is -4.71. The standard InChI is InChI=1S/C27H22F4N4O4/c28-22-4-3-16(11-20(22)26(38)33-7-8-36)17-9-18-10-19(39-25(18)21(12-17)27(29,30)31)14-35-24(37)6-2-15-1-5-23(32)34-13-15/h1-6,9-13,36H,7-8,14H2,(H2,32,34)(H,33,38)(H,35,37)/b6-2+. The number of nitrogens with zero attached hydrogens (tertiary/aromatic N) is 1. The Bertz CT molecular complexity index is 1550. The number of furan rings is 1. The molecule has 4 rings (SSSR count).